The van der Waals surface area contributed by atoms with Gasteiger partial charge in [-0.25, -0.2) is 22.5 Å². The van der Waals surface area contributed by atoms with Crippen molar-refractivity contribution < 1.29 is 32.2 Å². The van der Waals surface area contributed by atoms with Gasteiger partial charge in [0.05, 0.1) is 40.5 Å². The van der Waals surface area contributed by atoms with Crippen LogP contribution in [0, 0.1) is 33.7 Å². The first kappa shape index (κ1) is 54.5. The zero-order valence-electron chi connectivity index (χ0n) is 45.1. The first-order valence-electron chi connectivity index (χ1n) is 27.3. The molecule has 412 valence electrons. The number of piperidine rings is 1. The molecule has 0 unspecified atom stereocenters. The number of pyridine rings is 2. The molecule has 1 atom stereocenters. The number of H-pyrrole nitrogens is 1. The first-order chi connectivity index (χ1) is 37.4. The Labute approximate surface area is 456 Å². The summed E-state index contributed by atoms with van der Waals surface area (Å²) in [4.78, 5) is 33.1. The van der Waals surface area contributed by atoms with Crippen LogP contribution < -0.4 is 29.5 Å². The molecule has 2 saturated heterocycles. The van der Waals surface area contributed by atoms with Gasteiger partial charge in [-0.2, -0.15) is 10.2 Å². The van der Waals surface area contributed by atoms with Crippen molar-refractivity contribution in [1.82, 2.24) is 29.5 Å². The summed E-state index contributed by atoms with van der Waals surface area (Å²) < 4.78 is 57.5. The summed E-state index contributed by atoms with van der Waals surface area (Å²) >= 11 is 0. The van der Waals surface area contributed by atoms with E-state index in [0.29, 0.717) is 42.0 Å². The van der Waals surface area contributed by atoms with Crippen LogP contribution in [0.5, 0.6) is 17.4 Å². The highest BCUT2D eigenvalue weighted by atomic mass is 32.2. The summed E-state index contributed by atoms with van der Waals surface area (Å²) in [5.74, 6) is -0.706. The molecule has 10 rings (SSSR count). The first-order valence-corrected chi connectivity index (χ1v) is 28.8. The van der Waals surface area contributed by atoms with Gasteiger partial charge in [-0.15, -0.1) is 0 Å². The summed E-state index contributed by atoms with van der Waals surface area (Å²) in [6.45, 7) is 14.0. The van der Waals surface area contributed by atoms with Crippen molar-refractivity contribution in [2.45, 2.75) is 114 Å². The number of piperazine rings is 1. The number of aromatic amines is 1. The van der Waals surface area contributed by atoms with E-state index in [1.807, 2.05) is 19.1 Å². The number of nitrogens with zero attached hydrogens (tertiary/aromatic N) is 7. The second-order valence-electron chi connectivity index (χ2n) is 22.5. The van der Waals surface area contributed by atoms with Gasteiger partial charge in [-0.05, 0) is 137 Å². The Hall–Kier alpha value is -6.82. The third-order valence-electron chi connectivity index (χ3n) is 16.7. The SMILES string of the molecule is CCOc1nc2[nH]cc(F)c2cc1Oc1cc(N2CCC3(CC2)CC(N2CCN(Cc4ccc(C#N)cc4)C[C@H]2c2ccccc2C(C)C)C3)ccc1C(=O)NS(=O)(=O)c1cnc(NCC2CCC(C)(O)CC2)c(N(C)[O-])c1. The lowest BCUT2D eigenvalue weighted by atomic mass is 9.59. The molecule has 78 heavy (non-hydrogen) atoms. The van der Waals surface area contributed by atoms with E-state index in [1.165, 1.54) is 48.1 Å². The molecule has 6 aromatic rings. The summed E-state index contributed by atoms with van der Waals surface area (Å²) in [5, 5.41) is 36.4. The number of sulfonamides is 1. The van der Waals surface area contributed by atoms with Crippen molar-refractivity contribution in [3.63, 3.8) is 0 Å². The van der Waals surface area contributed by atoms with Gasteiger partial charge < -0.3 is 40.1 Å². The quantitative estimate of drug-likeness (QED) is 0.0625. The minimum absolute atomic E-state index is 0.00448. The number of nitriles is 1. The van der Waals surface area contributed by atoms with Crippen LogP contribution in [0.25, 0.3) is 11.0 Å². The molecule has 19 heteroatoms. The van der Waals surface area contributed by atoms with Gasteiger partial charge in [0, 0.05) is 88.1 Å². The number of rotatable bonds is 17. The normalized spacial score (nSPS) is 21.1. The number of nitrogens with one attached hydrogen (secondary N) is 3. The fourth-order valence-corrected chi connectivity index (χ4v) is 13.1. The van der Waals surface area contributed by atoms with E-state index in [2.05, 4.69) is 96.0 Å². The molecule has 17 nitrogen and oxygen atoms in total. The van der Waals surface area contributed by atoms with E-state index < -0.39 is 32.2 Å². The van der Waals surface area contributed by atoms with Gasteiger partial charge in [0.15, 0.2) is 5.75 Å². The monoisotopic (exact) mass is 1080 g/mol. The Morgan fingerprint density at radius 1 is 1.01 bits per heavy atom. The van der Waals surface area contributed by atoms with Crippen LogP contribution in [0.2, 0.25) is 0 Å². The van der Waals surface area contributed by atoms with Gasteiger partial charge in [0.1, 0.15) is 27.9 Å². The predicted octanol–water partition coefficient (Wildman–Crippen LogP) is 10.00. The largest absolute Gasteiger partial charge is 0.758 e. The third-order valence-corrected chi connectivity index (χ3v) is 18.0. The molecule has 5 heterocycles. The lowest BCUT2D eigenvalue weighted by Gasteiger charge is -2.58. The maximum atomic E-state index is 15.0. The van der Waals surface area contributed by atoms with Gasteiger partial charge in [0.25, 0.3) is 21.8 Å². The fourth-order valence-electron chi connectivity index (χ4n) is 12.1. The number of hydrogen-bond acceptors (Lipinski definition) is 15. The summed E-state index contributed by atoms with van der Waals surface area (Å²) in [6, 6.07) is 27.3. The number of carbonyl (C=O) groups is 1. The van der Waals surface area contributed by atoms with Crippen molar-refractivity contribution in [1.29, 1.82) is 5.26 Å². The number of hydrogen-bond donors (Lipinski definition) is 4. The van der Waals surface area contributed by atoms with E-state index >= 15 is 4.39 Å². The van der Waals surface area contributed by atoms with Crippen LogP contribution in [0.3, 0.4) is 0 Å². The molecule has 2 saturated carbocycles. The maximum absolute atomic E-state index is 15.0. The Kier molecular flexibility index (Phi) is 15.7. The number of anilines is 3. The van der Waals surface area contributed by atoms with Crippen LogP contribution in [0.1, 0.15) is 124 Å². The molecule has 1 spiro atoms. The number of fused-ring (bicyclic) bond motifs is 1. The molecule has 0 radical (unpaired) electrons. The minimum Gasteiger partial charge on any atom is -0.758 e. The highest BCUT2D eigenvalue weighted by Crippen LogP contribution is 2.53. The van der Waals surface area contributed by atoms with Crippen LogP contribution in [-0.2, 0) is 16.6 Å². The van der Waals surface area contributed by atoms with Crippen molar-refractivity contribution in [3.05, 3.63) is 130 Å². The van der Waals surface area contributed by atoms with Crippen LogP contribution in [0.15, 0.2) is 96.2 Å². The molecule has 3 aromatic heterocycles. The average molecular weight is 1080 g/mol. The summed E-state index contributed by atoms with van der Waals surface area (Å²) in [5.41, 5.74) is 4.95. The van der Waals surface area contributed by atoms with Crippen molar-refractivity contribution >= 4 is 44.2 Å². The van der Waals surface area contributed by atoms with Crippen molar-refractivity contribution in [2.75, 3.05) is 68.2 Å². The Morgan fingerprint density at radius 3 is 2.46 bits per heavy atom. The third kappa shape index (κ3) is 11.8. The standard InChI is InChI=1S/C59H70FN10O7S/c1-6-76-57-53(29-48-49(60)35-64-54(48)65-57)77-52-27-42(15-16-47(52)56(71)66-78(74,75)44-28-50(67(5)73)55(63-34-44)62-33-40-17-19-58(4,72)20-18-40)69-23-21-59(22-24-69)30-43(31-59)70-26-25-68(36-41-13-11-39(32-61)12-14-41)37-51(70)46-10-8-7-9-45(46)38(2)3/h7-16,27-29,34-35,38,40,43,51,72H,6,17-26,30-31,33,36-37H2,1-5H3,(H,62,63)(H,64,65)(H,66,71)/q-1/t40?,51-,58?/m0/s1. The molecular weight excluding hydrogens is 1010 g/mol. The number of aliphatic hydroxyl groups is 1. The molecule has 3 aromatic carbocycles. The zero-order valence-corrected chi connectivity index (χ0v) is 45.9. The molecule has 2 aliphatic carbocycles. The van der Waals surface area contributed by atoms with Crippen LogP contribution in [-0.4, -0.2) is 109 Å². The van der Waals surface area contributed by atoms with Crippen LogP contribution in [0.4, 0.5) is 21.6 Å². The molecule has 1 amide bonds. The Morgan fingerprint density at radius 2 is 1.76 bits per heavy atom. The zero-order chi connectivity index (χ0) is 54.9. The topological polar surface area (TPSA) is 215 Å². The Balaban J connectivity index is 0.863. The summed E-state index contributed by atoms with van der Waals surface area (Å²) in [7, 11) is -3.38. The number of carbonyl (C=O) groups excluding carboxylic acids is 1. The van der Waals surface area contributed by atoms with Gasteiger partial charge in [-0.1, -0.05) is 50.2 Å². The Bertz CT molecular complexity index is 3280. The number of amides is 1. The fraction of sp³-hybridized carbons (Fsp3) is 0.458. The van der Waals surface area contributed by atoms with Crippen molar-refractivity contribution in [3.8, 4) is 23.4 Å². The van der Waals surface area contributed by atoms with Gasteiger partial charge >= 0.3 is 0 Å². The van der Waals surface area contributed by atoms with E-state index in [4.69, 9.17) is 9.47 Å². The highest BCUT2D eigenvalue weighted by molar-refractivity contribution is 7.90. The smallest absolute Gasteiger partial charge is 0.268 e. The van der Waals surface area contributed by atoms with E-state index in [0.717, 1.165) is 89.7 Å². The van der Waals surface area contributed by atoms with E-state index in [9.17, 15) is 28.8 Å². The van der Waals surface area contributed by atoms with Gasteiger partial charge in [0.2, 0.25) is 0 Å². The summed E-state index contributed by atoms with van der Waals surface area (Å²) in [6.07, 6.45) is 9.25. The number of hydroxylamine groups is 1. The van der Waals surface area contributed by atoms with Crippen LogP contribution >= 0.6 is 0 Å². The average Bonchev–Trinajstić information content (AvgIpc) is 3.86. The number of halogens is 1. The molecule has 2 aliphatic heterocycles. The number of ether oxygens (including phenoxy) is 2. The number of benzene rings is 3. The van der Waals surface area contributed by atoms with Gasteiger partial charge in [-0.3, -0.25) is 14.6 Å². The molecular formula is C59H70FN10O7S-. The lowest BCUT2D eigenvalue weighted by Crippen LogP contribution is -2.60. The molecule has 4 N–H and O–H groups in total. The van der Waals surface area contributed by atoms with E-state index in [-0.39, 0.29) is 69.5 Å². The molecule has 4 fully saturated rings. The number of aromatic nitrogens is 3. The minimum atomic E-state index is -4.61. The second-order valence-corrected chi connectivity index (χ2v) is 24.1. The molecule has 4 aliphatic rings. The van der Waals surface area contributed by atoms with Crippen molar-refractivity contribution in [2.24, 2.45) is 11.3 Å². The molecule has 0 bridgehead atoms. The predicted molar refractivity (Wildman–Crippen MR) is 299 cm³/mol. The second kappa shape index (κ2) is 22.5. The lowest BCUT2D eigenvalue weighted by molar-refractivity contribution is -0.0628. The maximum Gasteiger partial charge on any atom is 0.268 e. The van der Waals surface area contributed by atoms with E-state index in [1.54, 1.807) is 19.1 Å². The highest BCUT2D eigenvalue weighted by Gasteiger charge is 2.50.